The topological polar surface area (TPSA) is 67.4 Å². The van der Waals surface area contributed by atoms with Gasteiger partial charge in [-0.1, -0.05) is 0 Å². The predicted octanol–water partition coefficient (Wildman–Crippen LogP) is 1.59. The Hall–Kier alpha value is -1.88. The molecule has 0 saturated heterocycles. The van der Waals surface area contributed by atoms with E-state index in [9.17, 15) is 9.59 Å². The van der Waals surface area contributed by atoms with Crippen molar-refractivity contribution < 1.29 is 14.3 Å². The van der Waals surface area contributed by atoms with Crippen LogP contribution >= 0.6 is 0 Å². The van der Waals surface area contributed by atoms with E-state index in [-0.39, 0.29) is 11.7 Å². The molecule has 2 rings (SSSR count). The summed E-state index contributed by atoms with van der Waals surface area (Å²) in [5, 5.41) is 5.70. The van der Waals surface area contributed by atoms with Crippen molar-refractivity contribution >= 4 is 17.4 Å². The molecular formula is C14H18N2O3. The van der Waals surface area contributed by atoms with Gasteiger partial charge >= 0.3 is 0 Å². The van der Waals surface area contributed by atoms with Crippen LogP contribution in [0.15, 0.2) is 18.2 Å². The Morgan fingerprint density at radius 1 is 1.42 bits per heavy atom. The van der Waals surface area contributed by atoms with Gasteiger partial charge < -0.3 is 15.4 Å². The minimum absolute atomic E-state index is 0.0382. The molecule has 1 heterocycles. The smallest absolute Gasteiger partial charge is 0.268 e. The fourth-order valence-corrected chi connectivity index (χ4v) is 1.87. The highest BCUT2D eigenvalue weighted by Crippen LogP contribution is 2.34. The number of hydrogen-bond acceptors (Lipinski definition) is 4. The molecule has 0 atom stereocenters. The molecule has 0 spiro atoms. The quantitative estimate of drug-likeness (QED) is 0.809. The van der Waals surface area contributed by atoms with Crippen LogP contribution in [0, 0.1) is 0 Å². The zero-order chi connectivity index (χ0) is 14.0. The first-order valence-corrected chi connectivity index (χ1v) is 6.26. The van der Waals surface area contributed by atoms with E-state index in [4.69, 9.17) is 4.74 Å². The van der Waals surface area contributed by atoms with E-state index in [0.717, 1.165) is 0 Å². The SMILES string of the molecule is CNCCC(=O)c1ccc2c(c1)NC(=O)C(C)(C)O2. The Labute approximate surface area is 112 Å². The number of anilines is 1. The number of ketones is 1. The van der Waals surface area contributed by atoms with E-state index in [1.807, 2.05) is 0 Å². The van der Waals surface area contributed by atoms with Gasteiger partial charge in [-0.15, -0.1) is 0 Å². The summed E-state index contributed by atoms with van der Waals surface area (Å²) in [7, 11) is 1.80. The van der Waals surface area contributed by atoms with Gasteiger partial charge in [0.1, 0.15) is 5.75 Å². The van der Waals surface area contributed by atoms with Crippen LogP contribution in [0.4, 0.5) is 5.69 Å². The molecule has 1 aliphatic rings. The van der Waals surface area contributed by atoms with Crippen LogP contribution in [0.25, 0.3) is 0 Å². The van der Waals surface area contributed by atoms with Gasteiger partial charge in [-0.2, -0.15) is 0 Å². The molecule has 5 heteroatoms. The Bertz CT molecular complexity index is 523. The summed E-state index contributed by atoms with van der Waals surface area (Å²) >= 11 is 0. The summed E-state index contributed by atoms with van der Waals surface area (Å²) in [5.74, 6) is 0.422. The number of carbonyl (C=O) groups excluding carboxylic acids is 2. The minimum Gasteiger partial charge on any atom is -0.476 e. The van der Waals surface area contributed by atoms with Gasteiger partial charge in [0.2, 0.25) is 0 Å². The van der Waals surface area contributed by atoms with Gasteiger partial charge in [-0.3, -0.25) is 9.59 Å². The van der Waals surface area contributed by atoms with Gasteiger partial charge in [-0.25, -0.2) is 0 Å². The maximum absolute atomic E-state index is 11.9. The van der Waals surface area contributed by atoms with Crippen LogP contribution in [0.2, 0.25) is 0 Å². The molecule has 1 amide bonds. The lowest BCUT2D eigenvalue weighted by Gasteiger charge is -2.31. The summed E-state index contributed by atoms with van der Waals surface area (Å²) in [5.41, 5.74) is 0.252. The van der Waals surface area contributed by atoms with E-state index in [0.29, 0.717) is 30.0 Å². The van der Waals surface area contributed by atoms with Crippen molar-refractivity contribution in [2.24, 2.45) is 0 Å². The van der Waals surface area contributed by atoms with Gasteiger partial charge in [0.05, 0.1) is 5.69 Å². The van der Waals surface area contributed by atoms with E-state index in [1.165, 1.54) is 0 Å². The van der Waals surface area contributed by atoms with E-state index < -0.39 is 5.60 Å². The largest absolute Gasteiger partial charge is 0.476 e. The van der Waals surface area contributed by atoms with Crippen molar-refractivity contribution in [3.63, 3.8) is 0 Å². The summed E-state index contributed by atoms with van der Waals surface area (Å²) in [6, 6.07) is 5.12. The van der Waals surface area contributed by atoms with Crippen molar-refractivity contribution in [2.45, 2.75) is 25.9 Å². The normalized spacial score (nSPS) is 16.3. The number of rotatable bonds is 4. The van der Waals surface area contributed by atoms with Crippen LogP contribution < -0.4 is 15.4 Å². The molecule has 0 aliphatic carbocycles. The Kier molecular flexibility index (Phi) is 3.57. The van der Waals surface area contributed by atoms with E-state index >= 15 is 0 Å². The van der Waals surface area contributed by atoms with Crippen molar-refractivity contribution in [3.8, 4) is 5.75 Å². The Balaban J connectivity index is 2.23. The maximum Gasteiger partial charge on any atom is 0.268 e. The Morgan fingerprint density at radius 2 is 2.16 bits per heavy atom. The summed E-state index contributed by atoms with van der Waals surface area (Å²) in [4.78, 5) is 23.7. The lowest BCUT2D eigenvalue weighted by molar-refractivity contribution is -0.129. The van der Waals surface area contributed by atoms with Crippen molar-refractivity contribution in [1.29, 1.82) is 0 Å². The fourth-order valence-electron chi connectivity index (χ4n) is 1.87. The molecule has 1 aliphatic heterocycles. The third-order valence-electron chi connectivity index (χ3n) is 3.06. The molecule has 0 bridgehead atoms. The van der Waals surface area contributed by atoms with Crippen molar-refractivity contribution in [3.05, 3.63) is 23.8 Å². The zero-order valence-corrected chi connectivity index (χ0v) is 11.4. The number of benzene rings is 1. The molecule has 5 nitrogen and oxygen atoms in total. The van der Waals surface area contributed by atoms with Crippen LogP contribution in [0.5, 0.6) is 5.75 Å². The molecule has 1 aromatic carbocycles. The first-order valence-electron chi connectivity index (χ1n) is 6.26. The number of hydrogen-bond donors (Lipinski definition) is 2. The highest BCUT2D eigenvalue weighted by atomic mass is 16.5. The number of ether oxygens (including phenoxy) is 1. The lowest BCUT2D eigenvalue weighted by atomic mass is 10.0. The van der Waals surface area contributed by atoms with Crippen LogP contribution in [-0.2, 0) is 4.79 Å². The monoisotopic (exact) mass is 262 g/mol. The zero-order valence-electron chi connectivity index (χ0n) is 11.4. The average Bonchev–Trinajstić information content (AvgIpc) is 2.36. The number of amides is 1. The standard InChI is InChI=1S/C14H18N2O3/c1-14(2)13(18)16-10-8-9(4-5-12(10)19-14)11(17)6-7-15-3/h4-5,8,15H,6-7H2,1-3H3,(H,16,18). The summed E-state index contributed by atoms with van der Waals surface area (Å²) in [6.45, 7) is 4.04. The number of fused-ring (bicyclic) bond motifs is 1. The third kappa shape index (κ3) is 2.76. The second-order valence-electron chi connectivity index (χ2n) is 5.05. The van der Waals surface area contributed by atoms with Gasteiger partial charge in [-0.05, 0) is 39.1 Å². The molecule has 0 aromatic heterocycles. The molecule has 2 N–H and O–H groups in total. The number of nitrogens with one attached hydrogen (secondary N) is 2. The lowest BCUT2D eigenvalue weighted by Crippen LogP contribution is -2.45. The second-order valence-corrected chi connectivity index (χ2v) is 5.05. The Morgan fingerprint density at radius 3 is 2.84 bits per heavy atom. The predicted molar refractivity (Wildman–Crippen MR) is 72.7 cm³/mol. The minimum atomic E-state index is -0.884. The van der Waals surface area contributed by atoms with Crippen LogP contribution in [-0.4, -0.2) is 30.9 Å². The van der Waals surface area contributed by atoms with Crippen LogP contribution in [0.1, 0.15) is 30.6 Å². The number of carbonyl (C=O) groups is 2. The van der Waals surface area contributed by atoms with Crippen LogP contribution in [0.3, 0.4) is 0 Å². The molecule has 0 saturated carbocycles. The van der Waals surface area contributed by atoms with Crippen molar-refractivity contribution in [1.82, 2.24) is 5.32 Å². The molecule has 102 valence electrons. The molecule has 0 unspecified atom stereocenters. The maximum atomic E-state index is 11.9. The molecule has 0 radical (unpaired) electrons. The average molecular weight is 262 g/mol. The summed E-state index contributed by atoms with van der Waals surface area (Å²) < 4.78 is 5.61. The van der Waals surface area contributed by atoms with E-state index in [1.54, 1.807) is 39.1 Å². The fraction of sp³-hybridized carbons (Fsp3) is 0.429. The first kappa shape index (κ1) is 13.5. The first-order chi connectivity index (χ1) is 8.94. The molecular weight excluding hydrogens is 244 g/mol. The summed E-state index contributed by atoms with van der Waals surface area (Å²) in [6.07, 6.45) is 0.426. The van der Waals surface area contributed by atoms with Gasteiger partial charge in [0.25, 0.3) is 5.91 Å². The van der Waals surface area contributed by atoms with Crippen molar-refractivity contribution in [2.75, 3.05) is 18.9 Å². The van der Waals surface area contributed by atoms with Gasteiger partial charge in [0, 0.05) is 18.5 Å². The second kappa shape index (κ2) is 5.01. The highest BCUT2D eigenvalue weighted by molar-refractivity contribution is 6.03. The highest BCUT2D eigenvalue weighted by Gasteiger charge is 2.35. The molecule has 0 fully saturated rings. The third-order valence-corrected chi connectivity index (χ3v) is 3.06. The van der Waals surface area contributed by atoms with E-state index in [2.05, 4.69) is 10.6 Å². The number of Topliss-reactive ketones (excluding diaryl/α,β-unsaturated/α-hetero) is 1. The van der Waals surface area contributed by atoms with Gasteiger partial charge in [0.15, 0.2) is 11.4 Å². The molecule has 19 heavy (non-hydrogen) atoms. The molecule has 1 aromatic rings.